The highest BCUT2D eigenvalue weighted by molar-refractivity contribution is 7.89. The lowest BCUT2D eigenvalue weighted by Gasteiger charge is -2.20. The number of fused-ring (bicyclic) bond motifs is 1. The number of aryl methyl sites for hydroxylation is 1. The SMILES string of the molecule is Cc1ccc(NC(=O)c2cc(Cl)c3c(c2)OCCO3)cc1S(N)(=O)=O. The van der Waals surface area contributed by atoms with E-state index < -0.39 is 15.9 Å². The Morgan fingerprint density at radius 2 is 1.92 bits per heavy atom. The fourth-order valence-corrected chi connectivity index (χ4v) is 3.50. The van der Waals surface area contributed by atoms with Gasteiger partial charge >= 0.3 is 0 Å². The van der Waals surface area contributed by atoms with Gasteiger partial charge in [0.2, 0.25) is 10.0 Å². The molecule has 3 rings (SSSR count). The van der Waals surface area contributed by atoms with Gasteiger partial charge in [-0.1, -0.05) is 17.7 Å². The Morgan fingerprint density at radius 3 is 2.64 bits per heavy atom. The average molecular weight is 383 g/mol. The maximum absolute atomic E-state index is 12.5. The summed E-state index contributed by atoms with van der Waals surface area (Å²) in [7, 11) is -3.88. The number of amides is 1. The molecule has 0 bridgehead atoms. The van der Waals surface area contributed by atoms with Crippen LogP contribution in [-0.2, 0) is 10.0 Å². The van der Waals surface area contributed by atoms with Gasteiger partial charge in [-0.2, -0.15) is 0 Å². The number of hydrogen-bond donors (Lipinski definition) is 2. The van der Waals surface area contributed by atoms with E-state index in [9.17, 15) is 13.2 Å². The molecule has 0 saturated carbocycles. The minimum absolute atomic E-state index is 0.0505. The third kappa shape index (κ3) is 3.71. The zero-order chi connectivity index (χ0) is 18.2. The summed E-state index contributed by atoms with van der Waals surface area (Å²) in [5.74, 6) is 0.317. The topological polar surface area (TPSA) is 108 Å². The van der Waals surface area contributed by atoms with E-state index in [-0.39, 0.29) is 15.5 Å². The number of benzene rings is 2. The van der Waals surface area contributed by atoms with E-state index >= 15 is 0 Å². The molecule has 1 heterocycles. The molecule has 3 N–H and O–H groups in total. The van der Waals surface area contributed by atoms with E-state index in [2.05, 4.69) is 5.32 Å². The Labute approximate surface area is 149 Å². The Kier molecular flexibility index (Phi) is 4.59. The molecule has 2 aromatic rings. The number of ether oxygens (including phenoxy) is 2. The minimum atomic E-state index is -3.88. The lowest BCUT2D eigenvalue weighted by molar-refractivity contribution is 0.102. The summed E-state index contributed by atoms with van der Waals surface area (Å²) in [6, 6.07) is 7.43. The standard InChI is InChI=1S/C16H15ClN2O5S/c1-9-2-3-11(8-14(9)25(18,21)22)19-16(20)10-6-12(17)15-13(7-10)23-4-5-24-15/h2-3,6-8H,4-5H2,1H3,(H,19,20)(H2,18,21,22). The van der Waals surface area contributed by atoms with Crippen molar-refractivity contribution >= 4 is 33.2 Å². The van der Waals surface area contributed by atoms with Crippen LogP contribution < -0.4 is 19.9 Å². The highest BCUT2D eigenvalue weighted by atomic mass is 35.5. The van der Waals surface area contributed by atoms with Gasteiger partial charge in [-0.3, -0.25) is 4.79 Å². The van der Waals surface area contributed by atoms with E-state index in [1.165, 1.54) is 18.2 Å². The van der Waals surface area contributed by atoms with Gasteiger partial charge in [0.15, 0.2) is 11.5 Å². The first-order valence-electron chi connectivity index (χ1n) is 7.29. The second kappa shape index (κ2) is 6.55. The second-order valence-corrected chi connectivity index (χ2v) is 7.40. The van der Waals surface area contributed by atoms with Crippen LogP contribution in [0.5, 0.6) is 11.5 Å². The highest BCUT2D eigenvalue weighted by Gasteiger charge is 2.20. The molecule has 132 valence electrons. The Bertz CT molecular complexity index is 959. The summed E-state index contributed by atoms with van der Waals surface area (Å²) in [6.07, 6.45) is 0. The van der Waals surface area contributed by atoms with Crippen molar-refractivity contribution in [2.75, 3.05) is 18.5 Å². The molecule has 25 heavy (non-hydrogen) atoms. The number of rotatable bonds is 3. The molecule has 0 unspecified atom stereocenters. The molecule has 2 aromatic carbocycles. The summed E-state index contributed by atoms with van der Waals surface area (Å²) in [5.41, 5.74) is 1.04. The van der Waals surface area contributed by atoms with Crippen LogP contribution in [0.3, 0.4) is 0 Å². The van der Waals surface area contributed by atoms with Crippen LogP contribution in [0.2, 0.25) is 5.02 Å². The van der Waals surface area contributed by atoms with Crippen molar-refractivity contribution < 1.29 is 22.7 Å². The fourth-order valence-electron chi connectivity index (χ4n) is 2.43. The normalized spacial score (nSPS) is 13.4. The first kappa shape index (κ1) is 17.5. The maximum atomic E-state index is 12.5. The van der Waals surface area contributed by atoms with Crippen LogP contribution in [0.4, 0.5) is 5.69 Å². The van der Waals surface area contributed by atoms with E-state index in [1.807, 2.05) is 0 Å². The summed E-state index contributed by atoms with van der Waals surface area (Å²) >= 11 is 6.12. The molecule has 0 radical (unpaired) electrons. The number of hydrogen-bond acceptors (Lipinski definition) is 5. The van der Waals surface area contributed by atoms with Gasteiger partial charge in [-0.05, 0) is 36.8 Å². The van der Waals surface area contributed by atoms with Crippen LogP contribution >= 0.6 is 11.6 Å². The van der Waals surface area contributed by atoms with Crippen LogP contribution in [0.15, 0.2) is 35.2 Å². The Hall–Kier alpha value is -2.29. The fraction of sp³-hybridized carbons (Fsp3) is 0.188. The van der Waals surface area contributed by atoms with Crippen molar-refractivity contribution in [2.45, 2.75) is 11.8 Å². The minimum Gasteiger partial charge on any atom is -0.486 e. The molecular weight excluding hydrogens is 368 g/mol. The average Bonchev–Trinajstić information content (AvgIpc) is 2.55. The molecule has 1 amide bonds. The number of carbonyl (C=O) groups excluding carboxylic acids is 1. The first-order valence-corrected chi connectivity index (χ1v) is 9.22. The van der Waals surface area contributed by atoms with Crippen LogP contribution in [0.1, 0.15) is 15.9 Å². The molecule has 1 aliphatic rings. The van der Waals surface area contributed by atoms with Crippen molar-refractivity contribution in [2.24, 2.45) is 5.14 Å². The van der Waals surface area contributed by atoms with Crippen LogP contribution in [0.25, 0.3) is 0 Å². The number of anilines is 1. The Morgan fingerprint density at radius 1 is 1.20 bits per heavy atom. The first-order chi connectivity index (χ1) is 11.8. The van der Waals surface area contributed by atoms with Crippen molar-refractivity contribution in [3.8, 4) is 11.5 Å². The van der Waals surface area contributed by atoms with E-state index in [1.54, 1.807) is 19.1 Å². The summed E-state index contributed by atoms with van der Waals surface area (Å²) < 4.78 is 34.0. The highest BCUT2D eigenvalue weighted by Crippen LogP contribution is 2.38. The molecule has 0 saturated heterocycles. The maximum Gasteiger partial charge on any atom is 0.255 e. The lowest BCUT2D eigenvalue weighted by Crippen LogP contribution is -2.18. The van der Waals surface area contributed by atoms with Gasteiger partial charge in [0.05, 0.1) is 9.92 Å². The predicted octanol–water partition coefficient (Wildman–Crippen LogP) is 2.32. The van der Waals surface area contributed by atoms with Crippen LogP contribution in [0, 0.1) is 6.92 Å². The quantitative estimate of drug-likeness (QED) is 0.846. The number of primary sulfonamides is 1. The monoisotopic (exact) mass is 382 g/mol. The molecule has 0 fully saturated rings. The number of nitrogens with one attached hydrogen (secondary N) is 1. The lowest BCUT2D eigenvalue weighted by atomic mass is 10.1. The molecule has 0 spiro atoms. The summed E-state index contributed by atoms with van der Waals surface area (Å²) in [6.45, 7) is 2.37. The van der Waals surface area contributed by atoms with Gasteiger partial charge < -0.3 is 14.8 Å². The zero-order valence-corrected chi connectivity index (χ0v) is 14.8. The molecule has 0 aliphatic carbocycles. The van der Waals surface area contributed by atoms with Gasteiger partial charge in [-0.15, -0.1) is 0 Å². The van der Waals surface area contributed by atoms with Gasteiger partial charge in [0.1, 0.15) is 13.2 Å². The van der Waals surface area contributed by atoms with Crippen molar-refractivity contribution in [1.29, 1.82) is 0 Å². The summed E-state index contributed by atoms with van der Waals surface area (Å²) in [4.78, 5) is 12.4. The molecular formula is C16H15ClN2O5S. The number of halogens is 1. The van der Waals surface area contributed by atoms with E-state index in [4.69, 9.17) is 26.2 Å². The molecule has 0 atom stereocenters. The molecule has 9 heteroatoms. The van der Waals surface area contributed by atoms with Gasteiger partial charge in [-0.25, -0.2) is 13.6 Å². The Balaban J connectivity index is 1.89. The van der Waals surface area contributed by atoms with Crippen LogP contribution in [-0.4, -0.2) is 27.5 Å². The zero-order valence-electron chi connectivity index (χ0n) is 13.2. The third-order valence-corrected chi connectivity index (χ3v) is 4.95. The summed E-state index contributed by atoms with van der Waals surface area (Å²) in [5, 5.41) is 8.05. The van der Waals surface area contributed by atoms with Crippen molar-refractivity contribution in [3.05, 3.63) is 46.5 Å². The number of carbonyl (C=O) groups is 1. The second-order valence-electron chi connectivity index (χ2n) is 5.46. The largest absolute Gasteiger partial charge is 0.486 e. The van der Waals surface area contributed by atoms with Crippen molar-refractivity contribution in [3.63, 3.8) is 0 Å². The molecule has 1 aliphatic heterocycles. The number of nitrogens with two attached hydrogens (primary N) is 1. The molecule has 0 aromatic heterocycles. The third-order valence-electron chi connectivity index (χ3n) is 3.61. The van der Waals surface area contributed by atoms with Gasteiger partial charge in [0.25, 0.3) is 5.91 Å². The van der Waals surface area contributed by atoms with E-state index in [0.29, 0.717) is 36.0 Å². The van der Waals surface area contributed by atoms with Gasteiger partial charge in [0, 0.05) is 11.3 Å². The smallest absolute Gasteiger partial charge is 0.255 e. The van der Waals surface area contributed by atoms with E-state index in [0.717, 1.165) is 0 Å². The predicted molar refractivity (Wildman–Crippen MR) is 92.9 cm³/mol. The molecule has 7 nitrogen and oxygen atoms in total. The number of sulfonamides is 1. The van der Waals surface area contributed by atoms with Crippen molar-refractivity contribution in [1.82, 2.24) is 0 Å².